The van der Waals surface area contributed by atoms with Gasteiger partial charge in [0.2, 0.25) is 6.39 Å². The molecule has 0 aromatic carbocycles. The molecule has 0 aliphatic heterocycles. The molecule has 1 aromatic rings. The van der Waals surface area contributed by atoms with Gasteiger partial charge in [0.15, 0.2) is 5.82 Å². The zero-order valence-electron chi connectivity index (χ0n) is 12.7. The molecule has 0 saturated carbocycles. The van der Waals surface area contributed by atoms with E-state index in [9.17, 15) is 0 Å². The summed E-state index contributed by atoms with van der Waals surface area (Å²) in [5.74, 6) is 0.729. The quantitative estimate of drug-likeness (QED) is 0.615. The third-order valence-electron chi connectivity index (χ3n) is 3.52. The summed E-state index contributed by atoms with van der Waals surface area (Å²) < 4.78 is 4.79. The molecule has 4 nitrogen and oxygen atoms in total. The van der Waals surface area contributed by atoms with Crippen molar-refractivity contribution in [3.63, 3.8) is 0 Å². The molecule has 1 N–H and O–H groups in total. The number of hydrogen-bond donors (Lipinski definition) is 1. The Kier molecular flexibility index (Phi) is 7.72. The first-order chi connectivity index (χ1) is 9.17. The molecule has 0 atom stereocenters. The number of nitrogens with one attached hydrogen (secondary N) is 1. The Morgan fingerprint density at radius 2 is 1.68 bits per heavy atom. The van der Waals surface area contributed by atoms with Gasteiger partial charge in [-0.05, 0) is 26.8 Å². The van der Waals surface area contributed by atoms with Crippen LogP contribution in [0.2, 0.25) is 0 Å². The van der Waals surface area contributed by atoms with Crippen molar-refractivity contribution >= 4 is 0 Å². The monoisotopic (exact) mass is 267 g/mol. The number of aromatic nitrogens is 2. The van der Waals surface area contributed by atoms with Crippen LogP contribution in [0.5, 0.6) is 0 Å². The fourth-order valence-corrected chi connectivity index (χ4v) is 2.18. The van der Waals surface area contributed by atoms with Gasteiger partial charge in [0.05, 0.1) is 5.54 Å². The molecule has 0 bridgehead atoms. The van der Waals surface area contributed by atoms with E-state index in [1.165, 1.54) is 57.8 Å². The van der Waals surface area contributed by atoms with Gasteiger partial charge in [-0.1, -0.05) is 57.0 Å². The summed E-state index contributed by atoms with van der Waals surface area (Å²) in [6, 6.07) is 0. The van der Waals surface area contributed by atoms with E-state index >= 15 is 0 Å². The topological polar surface area (TPSA) is 51.0 Å². The molecule has 4 heteroatoms. The van der Waals surface area contributed by atoms with Crippen molar-refractivity contribution in [2.24, 2.45) is 0 Å². The maximum absolute atomic E-state index is 4.79. The van der Waals surface area contributed by atoms with E-state index in [-0.39, 0.29) is 5.54 Å². The van der Waals surface area contributed by atoms with Gasteiger partial charge in [0.1, 0.15) is 0 Å². The molecular weight excluding hydrogens is 238 g/mol. The third-order valence-corrected chi connectivity index (χ3v) is 3.52. The lowest BCUT2D eigenvalue weighted by atomic mass is 10.0. The summed E-state index contributed by atoms with van der Waals surface area (Å²) in [6.45, 7) is 7.44. The Hall–Kier alpha value is -0.900. The first kappa shape index (κ1) is 16.2. The molecule has 0 fully saturated rings. The number of rotatable bonds is 11. The van der Waals surface area contributed by atoms with E-state index in [0.29, 0.717) is 0 Å². The van der Waals surface area contributed by atoms with Crippen molar-refractivity contribution in [2.45, 2.75) is 77.7 Å². The van der Waals surface area contributed by atoms with Crippen LogP contribution < -0.4 is 5.32 Å². The summed E-state index contributed by atoms with van der Waals surface area (Å²) in [5.41, 5.74) is -0.200. The van der Waals surface area contributed by atoms with Gasteiger partial charge in [0, 0.05) is 0 Å². The van der Waals surface area contributed by atoms with Gasteiger partial charge in [0.25, 0.3) is 0 Å². The minimum Gasteiger partial charge on any atom is -0.343 e. The molecular formula is C15H29N3O. The van der Waals surface area contributed by atoms with Crippen LogP contribution in [0.15, 0.2) is 10.9 Å². The van der Waals surface area contributed by atoms with Crippen LogP contribution in [0, 0.1) is 0 Å². The zero-order valence-corrected chi connectivity index (χ0v) is 12.7. The van der Waals surface area contributed by atoms with E-state index in [2.05, 4.69) is 36.2 Å². The molecule has 0 aliphatic carbocycles. The molecule has 0 unspecified atom stereocenters. The first-order valence-corrected chi connectivity index (χ1v) is 7.68. The second-order valence-corrected chi connectivity index (χ2v) is 5.78. The Labute approximate surface area is 117 Å². The van der Waals surface area contributed by atoms with E-state index < -0.39 is 0 Å². The fourth-order valence-electron chi connectivity index (χ4n) is 2.18. The molecule has 1 heterocycles. The largest absolute Gasteiger partial charge is 0.343 e. The van der Waals surface area contributed by atoms with Crippen LogP contribution in [0.3, 0.4) is 0 Å². The van der Waals surface area contributed by atoms with Crippen molar-refractivity contribution in [3.05, 3.63) is 12.2 Å². The highest BCUT2D eigenvalue weighted by Crippen LogP contribution is 2.15. The maximum atomic E-state index is 4.79. The van der Waals surface area contributed by atoms with Gasteiger partial charge in [-0.2, -0.15) is 4.98 Å². The van der Waals surface area contributed by atoms with E-state index in [0.717, 1.165) is 12.4 Å². The molecule has 0 aliphatic rings. The van der Waals surface area contributed by atoms with Crippen LogP contribution >= 0.6 is 0 Å². The highest BCUT2D eigenvalue weighted by molar-refractivity contribution is 4.97. The Bertz CT molecular complexity index is 309. The second-order valence-electron chi connectivity index (χ2n) is 5.78. The molecule has 19 heavy (non-hydrogen) atoms. The molecule has 1 rings (SSSR count). The van der Waals surface area contributed by atoms with Crippen LogP contribution in [0.25, 0.3) is 0 Å². The summed E-state index contributed by atoms with van der Waals surface area (Å²) in [7, 11) is 0. The zero-order chi connectivity index (χ0) is 14.0. The lowest BCUT2D eigenvalue weighted by Gasteiger charge is -2.22. The second kappa shape index (κ2) is 9.08. The average molecular weight is 267 g/mol. The average Bonchev–Trinajstić information content (AvgIpc) is 2.91. The van der Waals surface area contributed by atoms with E-state index in [4.69, 9.17) is 4.52 Å². The fraction of sp³-hybridized carbons (Fsp3) is 0.867. The van der Waals surface area contributed by atoms with E-state index in [1.807, 2.05) is 0 Å². The molecule has 0 spiro atoms. The maximum Gasteiger partial charge on any atom is 0.213 e. The van der Waals surface area contributed by atoms with Crippen LogP contribution in [-0.2, 0) is 5.54 Å². The van der Waals surface area contributed by atoms with E-state index in [1.54, 1.807) is 0 Å². The number of unbranched alkanes of at least 4 members (excludes halogenated alkanes) is 7. The highest BCUT2D eigenvalue weighted by Gasteiger charge is 2.23. The minimum atomic E-state index is -0.200. The molecule has 1 aromatic heterocycles. The van der Waals surface area contributed by atoms with Crippen molar-refractivity contribution in [1.29, 1.82) is 0 Å². The van der Waals surface area contributed by atoms with Crippen LogP contribution in [-0.4, -0.2) is 16.7 Å². The van der Waals surface area contributed by atoms with Gasteiger partial charge < -0.3 is 9.84 Å². The smallest absolute Gasteiger partial charge is 0.213 e. The van der Waals surface area contributed by atoms with Crippen molar-refractivity contribution in [2.75, 3.05) is 6.54 Å². The Morgan fingerprint density at radius 3 is 2.26 bits per heavy atom. The molecule has 0 amide bonds. The van der Waals surface area contributed by atoms with Crippen LogP contribution in [0.4, 0.5) is 0 Å². The third kappa shape index (κ3) is 6.71. The van der Waals surface area contributed by atoms with Gasteiger partial charge in [-0.15, -0.1) is 0 Å². The molecule has 110 valence electrons. The summed E-state index contributed by atoms with van der Waals surface area (Å²) >= 11 is 0. The highest BCUT2D eigenvalue weighted by atomic mass is 16.5. The predicted molar refractivity (Wildman–Crippen MR) is 77.9 cm³/mol. The predicted octanol–water partition coefficient (Wildman–Crippen LogP) is 4.04. The van der Waals surface area contributed by atoms with Gasteiger partial charge >= 0.3 is 0 Å². The van der Waals surface area contributed by atoms with Crippen molar-refractivity contribution < 1.29 is 4.52 Å². The summed E-state index contributed by atoms with van der Waals surface area (Å²) in [6.07, 6.45) is 12.2. The lowest BCUT2D eigenvalue weighted by molar-refractivity contribution is 0.341. The lowest BCUT2D eigenvalue weighted by Crippen LogP contribution is -2.38. The first-order valence-electron chi connectivity index (χ1n) is 7.68. The normalized spacial score (nSPS) is 11.9. The van der Waals surface area contributed by atoms with Crippen molar-refractivity contribution in [3.8, 4) is 0 Å². The Balaban J connectivity index is 1.99. The standard InChI is InChI=1S/C15H29N3O/c1-4-5-6-7-8-9-10-11-12-17-15(2,3)14-16-13-19-18-14/h13,17H,4-12H2,1-3H3. The number of hydrogen-bond acceptors (Lipinski definition) is 4. The molecule has 0 saturated heterocycles. The van der Waals surface area contributed by atoms with Gasteiger partial charge in [-0.3, -0.25) is 0 Å². The van der Waals surface area contributed by atoms with Crippen LogP contribution in [0.1, 0.15) is 78.0 Å². The molecule has 0 radical (unpaired) electrons. The minimum absolute atomic E-state index is 0.200. The summed E-state index contributed by atoms with van der Waals surface area (Å²) in [5, 5.41) is 7.38. The summed E-state index contributed by atoms with van der Waals surface area (Å²) in [4.78, 5) is 4.10. The van der Waals surface area contributed by atoms with Gasteiger partial charge in [-0.25, -0.2) is 0 Å². The Morgan fingerprint density at radius 1 is 1.05 bits per heavy atom. The number of nitrogens with zero attached hydrogens (tertiary/aromatic N) is 2. The SMILES string of the molecule is CCCCCCCCCCNC(C)(C)c1ncon1. The van der Waals surface area contributed by atoms with Crippen molar-refractivity contribution in [1.82, 2.24) is 15.5 Å².